The van der Waals surface area contributed by atoms with Gasteiger partial charge in [-0.2, -0.15) is 0 Å². The van der Waals surface area contributed by atoms with Crippen LogP contribution in [-0.2, 0) is 11.2 Å². The highest BCUT2D eigenvalue weighted by molar-refractivity contribution is 5.86. The van der Waals surface area contributed by atoms with Gasteiger partial charge in [-0.1, -0.05) is 18.2 Å². The molecule has 1 aliphatic rings. The fourth-order valence-corrected chi connectivity index (χ4v) is 3.19. The molecule has 2 aromatic rings. The second-order valence-electron chi connectivity index (χ2n) is 5.98. The molecule has 1 N–H and O–H groups in total. The maximum atomic E-state index is 12.6. The van der Waals surface area contributed by atoms with Gasteiger partial charge in [-0.3, -0.25) is 9.78 Å². The Morgan fingerprint density at radius 3 is 2.71 bits per heavy atom. The average molecular weight is 370 g/mol. The van der Waals surface area contributed by atoms with Gasteiger partial charge in [0.05, 0.1) is 11.9 Å². The molecule has 2 heterocycles. The quantitative estimate of drug-likeness (QED) is 0.884. The van der Waals surface area contributed by atoms with Crippen molar-refractivity contribution in [2.24, 2.45) is 0 Å². The molecule has 0 saturated carbocycles. The number of carbonyl (C=O) groups excluding carboxylic acids is 1. The smallest absolute Gasteiger partial charge is 0.227 e. The van der Waals surface area contributed by atoms with E-state index in [1.165, 1.54) is 5.56 Å². The Bertz CT molecular complexity index is 698. The SMILES string of the molecule is Cc1nc2ccccc2c(C)c1CC(=O)N1CCCNCC1.Cl.Cl. The lowest BCUT2D eigenvalue weighted by Gasteiger charge is -2.21. The van der Waals surface area contributed by atoms with Crippen molar-refractivity contribution in [3.63, 3.8) is 0 Å². The van der Waals surface area contributed by atoms with E-state index in [1.807, 2.05) is 30.0 Å². The standard InChI is InChI=1S/C18H23N3O.2ClH/c1-13-15-6-3-4-7-17(15)20-14(2)16(13)12-18(22)21-10-5-8-19-9-11-21;;/h3-4,6-7,19H,5,8-12H2,1-2H3;2*1H. The summed E-state index contributed by atoms with van der Waals surface area (Å²) in [6, 6.07) is 8.14. The summed E-state index contributed by atoms with van der Waals surface area (Å²) < 4.78 is 0. The average Bonchev–Trinajstić information content (AvgIpc) is 2.80. The van der Waals surface area contributed by atoms with Gasteiger partial charge in [0.1, 0.15) is 0 Å². The number of carbonyl (C=O) groups is 1. The van der Waals surface area contributed by atoms with E-state index in [4.69, 9.17) is 0 Å². The maximum absolute atomic E-state index is 12.6. The van der Waals surface area contributed by atoms with Crippen LogP contribution in [0.3, 0.4) is 0 Å². The van der Waals surface area contributed by atoms with Crippen molar-refractivity contribution in [3.8, 4) is 0 Å². The predicted molar refractivity (Wildman–Crippen MR) is 103 cm³/mol. The number of hydrogen-bond acceptors (Lipinski definition) is 3. The number of aromatic nitrogens is 1. The molecule has 1 aromatic carbocycles. The Hall–Kier alpha value is -1.36. The first-order valence-electron chi connectivity index (χ1n) is 8.00. The largest absolute Gasteiger partial charge is 0.341 e. The molecule has 0 unspecified atom stereocenters. The molecular weight excluding hydrogens is 345 g/mol. The van der Waals surface area contributed by atoms with Crippen LogP contribution in [0.4, 0.5) is 0 Å². The molecule has 1 amide bonds. The lowest BCUT2D eigenvalue weighted by Crippen LogP contribution is -2.35. The molecule has 4 nitrogen and oxygen atoms in total. The highest BCUT2D eigenvalue weighted by Gasteiger charge is 2.18. The fourth-order valence-electron chi connectivity index (χ4n) is 3.19. The molecule has 24 heavy (non-hydrogen) atoms. The molecule has 0 bridgehead atoms. The summed E-state index contributed by atoms with van der Waals surface area (Å²) in [6.45, 7) is 7.65. The summed E-state index contributed by atoms with van der Waals surface area (Å²) in [5.41, 5.74) is 4.25. The van der Waals surface area contributed by atoms with Crippen LogP contribution < -0.4 is 5.32 Å². The van der Waals surface area contributed by atoms with Crippen molar-refractivity contribution >= 4 is 41.6 Å². The van der Waals surface area contributed by atoms with E-state index >= 15 is 0 Å². The summed E-state index contributed by atoms with van der Waals surface area (Å²) >= 11 is 0. The highest BCUT2D eigenvalue weighted by atomic mass is 35.5. The molecule has 0 aliphatic carbocycles. The lowest BCUT2D eigenvalue weighted by atomic mass is 9.99. The van der Waals surface area contributed by atoms with Crippen LogP contribution in [0, 0.1) is 13.8 Å². The van der Waals surface area contributed by atoms with Gasteiger partial charge >= 0.3 is 0 Å². The summed E-state index contributed by atoms with van der Waals surface area (Å²) in [5, 5.41) is 4.48. The van der Waals surface area contributed by atoms with Crippen LogP contribution in [0.1, 0.15) is 23.2 Å². The number of nitrogens with zero attached hydrogens (tertiary/aromatic N) is 2. The van der Waals surface area contributed by atoms with Crippen molar-refractivity contribution in [1.82, 2.24) is 15.2 Å². The molecule has 1 aromatic heterocycles. The molecule has 1 saturated heterocycles. The van der Waals surface area contributed by atoms with E-state index in [0.29, 0.717) is 6.42 Å². The van der Waals surface area contributed by atoms with Crippen molar-refractivity contribution in [2.45, 2.75) is 26.7 Å². The molecular formula is C18H25Cl2N3O. The molecule has 3 rings (SSSR count). The number of halogens is 2. The Morgan fingerprint density at radius 2 is 1.92 bits per heavy atom. The van der Waals surface area contributed by atoms with E-state index in [9.17, 15) is 4.79 Å². The van der Waals surface area contributed by atoms with Gasteiger partial charge < -0.3 is 10.2 Å². The van der Waals surface area contributed by atoms with Crippen LogP contribution in [0.25, 0.3) is 10.9 Å². The number of para-hydroxylation sites is 1. The third-order valence-corrected chi connectivity index (χ3v) is 4.51. The molecule has 1 aliphatic heterocycles. The van der Waals surface area contributed by atoms with Crippen molar-refractivity contribution in [1.29, 1.82) is 0 Å². The van der Waals surface area contributed by atoms with Crippen molar-refractivity contribution in [2.75, 3.05) is 26.2 Å². The number of pyridine rings is 1. The monoisotopic (exact) mass is 369 g/mol. The third-order valence-electron chi connectivity index (χ3n) is 4.51. The second kappa shape index (κ2) is 9.21. The lowest BCUT2D eigenvalue weighted by molar-refractivity contribution is -0.130. The summed E-state index contributed by atoms with van der Waals surface area (Å²) in [7, 11) is 0. The Labute approximate surface area is 155 Å². The topological polar surface area (TPSA) is 45.2 Å². The number of rotatable bonds is 2. The first-order chi connectivity index (χ1) is 10.7. The van der Waals surface area contributed by atoms with E-state index in [0.717, 1.165) is 54.8 Å². The normalized spacial score (nSPS) is 14.5. The zero-order chi connectivity index (χ0) is 15.5. The number of aryl methyl sites for hydroxylation is 2. The first kappa shape index (κ1) is 20.7. The van der Waals surface area contributed by atoms with Gasteiger partial charge in [0.25, 0.3) is 0 Å². The highest BCUT2D eigenvalue weighted by Crippen LogP contribution is 2.23. The number of amides is 1. The number of fused-ring (bicyclic) bond motifs is 1. The Balaban J connectivity index is 0.00000144. The van der Waals surface area contributed by atoms with Gasteiger partial charge in [0, 0.05) is 30.7 Å². The van der Waals surface area contributed by atoms with Crippen molar-refractivity contribution in [3.05, 3.63) is 41.1 Å². The van der Waals surface area contributed by atoms with Crippen LogP contribution >= 0.6 is 24.8 Å². The first-order valence-corrected chi connectivity index (χ1v) is 8.00. The van der Waals surface area contributed by atoms with Crippen molar-refractivity contribution < 1.29 is 4.79 Å². The van der Waals surface area contributed by atoms with Gasteiger partial charge in [-0.15, -0.1) is 24.8 Å². The minimum absolute atomic E-state index is 0. The third kappa shape index (κ3) is 4.38. The zero-order valence-electron chi connectivity index (χ0n) is 14.2. The van der Waals surface area contributed by atoms with Gasteiger partial charge in [0.15, 0.2) is 0 Å². The van der Waals surface area contributed by atoms with Crippen LogP contribution in [-0.4, -0.2) is 42.0 Å². The van der Waals surface area contributed by atoms with Crippen LogP contribution in [0.15, 0.2) is 24.3 Å². The number of hydrogen-bond donors (Lipinski definition) is 1. The predicted octanol–water partition coefficient (Wildman–Crippen LogP) is 3.06. The Kier molecular flexibility index (Phi) is 7.94. The van der Waals surface area contributed by atoms with E-state index in [2.05, 4.69) is 23.3 Å². The summed E-state index contributed by atoms with van der Waals surface area (Å²) in [6.07, 6.45) is 1.48. The molecule has 132 valence electrons. The molecule has 6 heteroatoms. The van der Waals surface area contributed by atoms with Gasteiger partial charge in [0.2, 0.25) is 5.91 Å². The van der Waals surface area contributed by atoms with Crippen LogP contribution in [0.5, 0.6) is 0 Å². The molecule has 0 atom stereocenters. The van der Waals surface area contributed by atoms with E-state index in [-0.39, 0.29) is 30.7 Å². The van der Waals surface area contributed by atoms with E-state index < -0.39 is 0 Å². The molecule has 1 fully saturated rings. The van der Waals surface area contributed by atoms with Gasteiger partial charge in [-0.25, -0.2) is 0 Å². The molecule has 0 radical (unpaired) electrons. The maximum Gasteiger partial charge on any atom is 0.227 e. The van der Waals surface area contributed by atoms with Crippen LogP contribution in [0.2, 0.25) is 0 Å². The zero-order valence-corrected chi connectivity index (χ0v) is 15.8. The van der Waals surface area contributed by atoms with Gasteiger partial charge in [-0.05, 0) is 44.0 Å². The fraction of sp³-hybridized carbons (Fsp3) is 0.444. The Morgan fingerprint density at radius 1 is 1.17 bits per heavy atom. The van der Waals surface area contributed by atoms with E-state index in [1.54, 1.807) is 0 Å². The minimum atomic E-state index is 0. The molecule has 0 spiro atoms. The number of benzene rings is 1. The number of nitrogens with one attached hydrogen (secondary N) is 1. The minimum Gasteiger partial charge on any atom is -0.341 e. The summed E-state index contributed by atoms with van der Waals surface area (Å²) in [5.74, 6) is 0.215. The second-order valence-corrected chi connectivity index (χ2v) is 5.98. The summed E-state index contributed by atoms with van der Waals surface area (Å²) in [4.78, 5) is 19.3.